The molecule has 0 fully saturated rings. The molecule has 1 rings (SSSR count). The molecule has 3 amide bonds. The number of likely N-dealkylation sites (N-methyl/N-ethyl adjacent to an activating group) is 1. The molecule has 106 valence electrons. The zero-order chi connectivity index (χ0) is 14.1. The fourth-order valence-corrected chi connectivity index (χ4v) is 1.56. The van der Waals surface area contributed by atoms with Gasteiger partial charge in [-0.15, -0.1) is 0 Å². The van der Waals surface area contributed by atoms with Crippen LogP contribution < -0.4 is 10.6 Å². The molecule has 19 heavy (non-hydrogen) atoms. The number of nitrogens with one attached hydrogen (secondary N) is 2. The van der Waals surface area contributed by atoms with E-state index in [4.69, 9.17) is 4.42 Å². The normalized spacial score (nSPS) is 10.5. The average molecular weight is 267 g/mol. The van der Waals surface area contributed by atoms with Gasteiger partial charge in [0.25, 0.3) is 0 Å². The van der Waals surface area contributed by atoms with Gasteiger partial charge in [0, 0.05) is 6.54 Å². The molecule has 1 heterocycles. The summed E-state index contributed by atoms with van der Waals surface area (Å²) in [5, 5.41) is 4.91. The smallest absolute Gasteiger partial charge is 0.321 e. The Bertz CT molecular complexity index is 390. The van der Waals surface area contributed by atoms with Gasteiger partial charge in [-0.3, -0.25) is 15.0 Å². The Kier molecular flexibility index (Phi) is 6.67. The summed E-state index contributed by atoms with van der Waals surface area (Å²) in [6.07, 6.45) is 3.49. The Morgan fingerprint density at radius 2 is 2.21 bits per heavy atom. The van der Waals surface area contributed by atoms with Gasteiger partial charge < -0.3 is 9.73 Å². The maximum absolute atomic E-state index is 11.6. The van der Waals surface area contributed by atoms with E-state index < -0.39 is 6.03 Å². The molecule has 0 bridgehead atoms. The maximum Gasteiger partial charge on any atom is 0.321 e. The van der Waals surface area contributed by atoms with Crippen molar-refractivity contribution in [2.24, 2.45) is 0 Å². The van der Waals surface area contributed by atoms with Crippen molar-refractivity contribution in [3.63, 3.8) is 0 Å². The second kappa shape index (κ2) is 8.31. The zero-order valence-electron chi connectivity index (χ0n) is 11.4. The summed E-state index contributed by atoms with van der Waals surface area (Å²) in [4.78, 5) is 24.7. The average Bonchev–Trinajstić information content (AvgIpc) is 2.81. The van der Waals surface area contributed by atoms with E-state index in [9.17, 15) is 9.59 Å². The first-order valence-corrected chi connectivity index (χ1v) is 6.40. The standard InChI is InChI=1S/C13H21N3O3/c1-3-4-7-14-13(18)15-12(17)10-16(2)9-11-6-5-8-19-11/h5-6,8H,3-4,7,9-10H2,1-2H3,(H2,14,15,17,18). The molecule has 0 aliphatic heterocycles. The lowest BCUT2D eigenvalue weighted by Gasteiger charge is -2.14. The largest absolute Gasteiger partial charge is 0.468 e. The molecule has 0 saturated carbocycles. The van der Waals surface area contributed by atoms with E-state index in [2.05, 4.69) is 10.6 Å². The number of rotatable bonds is 7. The number of nitrogens with zero attached hydrogens (tertiary/aromatic N) is 1. The lowest BCUT2D eigenvalue weighted by atomic mass is 10.3. The molecule has 1 aromatic rings. The van der Waals surface area contributed by atoms with Crippen molar-refractivity contribution in [2.75, 3.05) is 20.1 Å². The highest BCUT2D eigenvalue weighted by Gasteiger charge is 2.11. The Morgan fingerprint density at radius 3 is 2.84 bits per heavy atom. The number of imide groups is 1. The van der Waals surface area contributed by atoms with Gasteiger partial charge in [-0.1, -0.05) is 13.3 Å². The number of hydrogen-bond donors (Lipinski definition) is 2. The molecule has 0 saturated heterocycles. The van der Waals surface area contributed by atoms with Crippen LogP contribution in [0.15, 0.2) is 22.8 Å². The van der Waals surface area contributed by atoms with Crippen molar-refractivity contribution in [3.05, 3.63) is 24.2 Å². The van der Waals surface area contributed by atoms with Crippen molar-refractivity contribution in [3.8, 4) is 0 Å². The third-order valence-electron chi connectivity index (χ3n) is 2.49. The van der Waals surface area contributed by atoms with Crippen LogP contribution in [-0.2, 0) is 11.3 Å². The van der Waals surface area contributed by atoms with Gasteiger partial charge in [-0.2, -0.15) is 0 Å². The van der Waals surface area contributed by atoms with Gasteiger partial charge in [0.15, 0.2) is 0 Å². The van der Waals surface area contributed by atoms with Gasteiger partial charge >= 0.3 is 6.03 Å². The summed E-state index contributed by atoms with van der Waals surface area (Å²) in [7, 11) is 1.79. The Hall–Kier alpha value is -1.82. The summed E-state index contributed by atoms with van der Waals surface area (Å²) in [6, 6.07) is 3.20. The minimum atomic E-state index is -0.440. The molecule has 6 heteroatoms. The van der Waals surface area contributed by atoms with Crippen LogP contribution in [0, 0.1) is 0 Å². The Labute approximate surface area is 113 Å². The SMILES string of the molecule is CCCCNC(=O)NC(=O)CN(C)Cc1ccco1. The van der Waals surface area contributed by atoms with Crippen molar-refractivity contribution in [2.45, 2.75) is 26.3 Å². The summed E-state index contributed by atoms with van der Waals surface area (Å²) >= 11 is 0. The first kappa shape index (κ1) is 15.2. The highest BCUT2D eigenvalue weighted by atomic mass is 16.3. The third kappa shape index (κ3) is 6.61. The van der Waals surface area contributed by atoms with E-state index in [1.165, 1.54) is 0 Å². The van der Waals surface area contributed by atoms with Gasteiger partial charge in [0.2, 0.25) is 5.91 Å². The summed E-state index contributed by atoms with van der Waals surface area (Å²) < 4.78 is 5.18. The fourth-order valence-electron chi connectivity index (χ4n) is 1.56. The second-order valence-corrected chi connectivity index (χ2v) is 4.41. The van der Waals surface area contributed by atoms with Crippen LogP contribution in [0.3, 0.4) is 0 Å². The van der Waals surface area contributed by atoms with Crippen molar-refractivity contribution >= 4 is 11.9 Å². The van der Waals surface area contributed by atoms with Crippen LogP contribution >= 0.6 is 0 Å². The van der Waals surface area contributed by atoms with Crippen LogP contribution in [0.5, 0.6) is 0 Å². The summed E-state index contributed by atoms with van der Waals surface area (Å²) in [5.74, 6) is 0.450. The number of carbonyl (C=O) groups is 2. The van der Waals surface area contributed by atoms with E-state index in [-0.39, 0.29) is 12.5 Å². The van der Waals surface area contributed by atoms with Crippen molar-refractivity contribution in [1.82, 2.24) is 15.5 Å². The molecule has 1 aromatic heterocycles. The number of amides is 3. The summed E-state index contributed by atoms with van der Waals surface area (Å²) in [5.41, 5.74) is 0. The van der Waals surface area contributed by atoms with E-state index in [1.54, 1.807) is 24.3 Å². The first-order chi connectivity index (χ1) is 9.11. The molecule has 0 aliphatic carbocycles. The highest BCUT2D eigenvalue weighted by molar-refractivity contribution is 5.95. The molecule has 0 aliphatic rings. The molecule has 0 radical (unpaired) electrons. The molecule has 6 nitrogen and oxygen atoms in total. The summed E-state index contributed by atoms with van der Waals surface area (Å²) in [6.45, 7) is 3.28. The number of hydrogen-bond acceptors (Lipinski definition) is 4. The molecule has 0 atom stereocenters. The fraction of sp³-hybridized carbons (Fsp3) is 0.538. The maximum atomic E-state index is 11.6. The third-order valence-corrected chi connectivity index (χ3v) is 2.49. The zero-order valence-corrected chi connectivity index (χ0v) is 11.4. The Morgan fingerprint density at radius 1 is 1.42 bits per heavy atom. The van der Waals surface area contributed by atoms with Crippen LogP contribution in [0.2, 0.25) is 0 Å². The first-order valence-electron chi connectivity index (χ1n) is 6.40. The quantitative estimate of drug-likeness (QED) is 0.731. The van der Waals surface area contributed by atoms with Gasteiger partial charge in [-0.25, -0.2) is 4.79 Å². The lowest BCUT2D eigenvalue weighted by Crippen LogP contribution is -2.43. The predicted octanol–water partition coefficient (Wildman–Crippen LogP) is 1.34. The van der Waals surface area contributed by atoms with Gasteiger partial charge in [-0.05, 0) is 25.6 Å². The van der Waals surface area contributed by atoms with E-state index in [0.29, 0.717) is 13.1 Å². The molecule has 0 aromatic carbocycles. The monoisotopic (exact) mass is 267 g/mol. The molecule has 2 N–H and O–H groups in total. The number of unbranched alkanes of at least 4 members (excludes halogenated alkanes) is 1. The molecule has 0 spiro atoms. The topological polar surface area (TPSA) is 74.6 Å². The van der Waals surface area contributed by atoms with Gasteiger partial charge in [0.05, 0.1) is 19.4 Å². The number of furan rings is 1. The number of carbonyl (C=O) groups excluding carboxylic acids is 2. The molecule has 0 unspecified atom stereocenters. The number of urea groups is 1. The van der Waals surface area contributed by atoms with Crippen LogP contribution in [0.1, 0.15) is 25.5 Å². The van der Waals surface area contributed by atoms with Crippen molar-refractivity contribution < 1.29 is 14.0 Å². The highest BCUT2D eigenvalue weighted by Crippen LogP contribution is 2.02. The predicted molar refractivity (Wildman–Crippen MR) is 71.5 cm³/mol. The minimum Gasteiger partial charge on any atom is -0.468 e. The molecular formula is C13H21N3O3. The minimum absolute atomic E-state index is 0.141. The van der Waals surface area contributed by atoms with E-state index >= 15 is 0 Å². The van der Waals surface area contributed by atoms with Crippen LogP contribution in [-0.4, -0.2) is 37.0 Å². The van der Waals surface area contributed by atoms with Crippen LogP contribution in [0.25, 0.3) is 0 Å². The Balaban J connectivity index is 2.21. The lowest BCUT2D eigenvalue weighted by molar-refractivity contribution is -0.121. The van der Waals surface area contributed by atoms with Crippen molar-refractivity contribution in [1.29, 1.82) is 0 Å². The van der Waals surface area contributed by atoms with E-state index in [1.807, 2.05) is 13.0 Å². The van der Waals surface area contributed by atoms with Crippen LogP contribution in [0.4, 0.5) is 4.79 Å². The second-order valence-electron chi connectivity index (χ2n) is 4.41. The van der Waals surface area contributed by atoms with E-state index in [0.717, 1.165) is 18.6 Å². The van der Waals surface area contributed by atoms with Gasteiger partial charge in [0.1, 0.15) is 5.76 Å². The molecular weight excluding hydrogens is 246 g/mol.